The summed E-state index contributed by atoms with van der Waals surface area (Å²) in [4.78, 5) is 23.8. The van der Waals surface area contributed by atoms with Crippen LogP contribution in [0.25, 0.3) is 0 Å². The molecule has 158 valence electrons. The normalized spacial score (nSPS) is 12.3. The molecule has 0 bridgehead atoms. The molecule has 0 radical (unpaired) electrons. The van der Waals surface area contributed by atoms with E-state index in [0.717, 1.165) is 17.5 Å². The van der Waals surface area contributed by atoms with Gasteiger partial charge in [0.1, 0.15) is 6.04 Å². The number of amides is 2. The fraction of sp³-hybridized carbons (Fsp3) is 0.333. The number of aliphatic hydroxyl groups excluding tert-OH is 1. The smallest absolute Gasteiger partial charge is 0.268 e. The van der Waals surface area contributed by atoms with Crippen molar-refractivity contribution in [3.63, 3.8) is 0 Å². The van der Waals surface area contributed by atoms with Crippen molar-refractivity contribution in [3.8, 4) is 11.8 Å². The number of hydrogen-bond acceptors (Lipinski definition) is 4. The van der Waals surface area contributed by atoms with Crippen LogP contribution in [0.1, 0.15) is 60.2 Å². The molecule has 0 unspecified atom stereocenters. The van der Waals surface area contributed by atoms with Crippen LogP contribution < -0.4 is 10.8 Å². The molecule has 0 heterocycles. The van der Waals surface area contributed by atoms with Crippen LogP contribution in [0, 0.1) is 11.8 Å². The first-order valence-corrected chi connectivity index (χ1v) is 10.1. The zero-order chi connectivity index (χ0) is 21.9. The van der Waals surface area contributed by atoms with Gasteiger partial charge < -0.3 is 10.4 Å². The number of aryl methyl sites for hydroxylation is 1. The SMILES string of the molecule is CCCCCc1ccc(C#Cc2ccc(C(=O)N[C@H](C(=O)NO)[C@@H](C)O)cc2)cc1. The molecule has 0 aromatic heterocycles. The molecule has 0 aliphatic rings. The lowest BCUT2D eigenvalue weighted by Crippen LogP contribution is -2.51. The summed E-state index contributed by atoms with van der Waals surface area (Å²) in [5, 5.41) is 20.7. The van der Waals surface area contributed by atoms with Crippen molar-refractivity contribution in [2.75, 3.05) is 0 Å². The van der Waals surface area contributed by atoms with E-state index in [4.69, 9.17) is 5.21 Å². The van der Waals surface area contributed by atoms with Crippen LogP contribution in [-0.4, -0.2) is 34.3 Å². The van der Waals surface area contributed by atoms with E-state index in [2.05, 4.69) is 36.2 Å². The Hall–Kier alpha value is -3.14. The van der Waals surface area contributed by atoms with Crippen molar-refractivity contribution < 1.29 is 19.9 Å². The van der Waals surface area contributed by atoms with E-state index in [0.29, 0.717) is 5.56 Å². The van der Waals surface area contributed by atoms with Gasteiger partial charge in [-0.15, -0.1) is 0 Å². The zero-order valence-electron chi connectivity index (χ0n) is 17.3. The van der Waals surface area contributed by atoms with E-state index >= 15 is 0 Å². The fourth-order valence-electron chi connectivity index (χ4n) is 2.88. The van der Waals surface area contributed by atoms with Gasteiger partial charge >= 0.3 is 0 Å². The van der Waals surface area contributed by atoms with Gasteiger partial charge in [-0.1, -0.05) is 43.7 Å². The molecular weight excluding hydrogens is 380 g/mol. The van der Waals surface area contributed by atoms with Crippen LogP contribution in [0.3, 0.4) is 0 Å². The van der Waals surface area contributed by atoms with E-state index < -0.39 is 24.0 Å². The number of benzene rings is 2. The Bertz CT molecular complexity index is 894. The lowest BCUT2D eigenvalue weighted by molar-refractivity contribution is -0.133. The first-order chi connectivity index (χ1) is 14.4. The van der Waals surface area contributed by atoms with Crippen molar-refractivity contribution in [2.45, 2.75) is 51.7 Å². The summed E-state index contributed by atoms with van der Waals surface area (Å²) in [5.74, 6) is 4.75. The van der Waals surface area contributed by atoms with Crippen molar-refractivity contribution in [2.24, 2.45) is 0 Å². The van der Waals surface area contributed by atoms with E-state index in [1.807, 2.05) is 12.1 Å². The summed E-state index contributed by atoms with van der Waals surface area (Å²) >= 11 is 0. The molecule has 0 saturated heterocycles. The van der Waals surface area contributed by atoms with E-state index in [-0.39, 0.29) is 0 Å². The number of carbonyl (C=O) groups is 2. The highest BCUT2D eigenvalue weighted by atomic mass is 16.5. The molecule has 6 nitrogen and oxygen atoms in total. The number of unbranched alkanes of at least 4 members (excludes halogenated alkanes) is 2. The van der Waals surface area contributed by atoms with Gasteiger partial charge in [0.2, 0.25) is 0 Å². The molecule has 2 aromatic rings. The van der Waals surface area contributed by atoms with Gasteiger partial charge in [-0.05, 0) is 61.7 Å². The number of rotatable bonds is 8. The first kappa shape index (κ1) is 23.1. The third-order valence-corrected chi connectivity index (χ3v) is 4.68. The largest absolute Gasteiger partial charge is 0.391 e. The van der Waals surface area contributed by atoms with Crippen LogP contribution in [0.2, 0.25) is 0 Å². The van der Waals surface area contributed by atoms with Gasteiger partial charge in [-0.25, -0.2) is 5.48 Å². The third-order valence-electron chi connectivity index (χ3n) is 4.68. The molecule has 2 aromatic carbocycles. The Kier molecular flexibility index (Phi) is 9.07. The molecule has 30 heavy (non-hydrogen) atoms. The number of hydroxylamine groups is 1. The van der Waals surface area contributed by atoms with Gasteiger partial charge in [0, 0.05) is 16.7 Å². The molecule has 4 N–H and O–H groups in total. The quantitative estimate of drug-likeness (QED) is 0.234. The maximum Gasteiger partial charge on any atom is 0.268 e. The molecule has 6 heteroatoms. The highest BCUT2D eigenvalue weighted by Crippen LogP contribution is 2.09. The maximum absolute atomic E-state index is 12.3. The maximum atomic E-state index is 12.3. The van der Waals surface area contributed by atoms with E-state index in [9.17, 15) is 14.7 Å². The minimum Gasteiger partial charge on any atom is -0.391 e. The molecule has 2 amide bonds. The standard InChI is InChI=1S/C24H28N2O4/c1-3-4-5-6-18-7-9-19(10-8-18)11-12-20-13-15-21(16-14-20)23(28)25-22(17(2)27)24(29)26-30/h7-10,13-17,22,27,30H,3-6H2,1-2H3,(H,25,28)(H,26,29)/t17-,22+/m1/s1. The van der Waals surface area contributed by atoms with Crippen LogP contribution in [-0.2, 0) is 11.2 Å². The summed E-state index contributed by atoms with van der Waals surface area (Å²) in [6, 6.07) is 13.6. The predicted octanol–water partition coefficient (Wildman–Crippen LogP) is 2.80. The van der Waals surface area contributed by atoms with Gasteiger partial charge in [-0.3, -0.25) is 14.8 Å². The minimum atomic E-state index is -1.26. The molecular formula is C24H28N2O4. The highest BCUT2D eigenvalue weighted by molar-refractivity contribution is 5.97. The fourth-order valence-corrected chi connectivity index (χ4v) is 2.88. The summed E-state index contributed by atoms with van der Waals surface area (Å²) in [6.07, 6.45) is 3.57. The minimum absolute atomic E-state index is 0.313. The van der Waals surface area contributed by atoms with Crippen LogP contribution in [0.4, 0.5) is 0 Å². The third kappa shape index (κ3) is 7.03. The molecule has 2 rings (SSSR count). The Morgan fingerprint density at radius 2 is 1.53 bits per heavy atom. The Balaban J connectivity index is 1.99. The number of carbonyl (C=O) groups excluding carboxylic acids is 2. The van der Waals surface area contributed by atoms with Gasteiger partial charge in [0.15, 0.2) is 0 Å². The van der Waals surface area contributed by atoms with Crippen LogP contribution >= 0.6 is 0 Å². The second kappa shape index (κ2) is 11.8. The molecule has 0 spiro atoms. The molecule has 2 atom stereocenters. The lowest BCUT2D eigenvalue weighted by atomic mass is 10.1. The summed E-state index contributed by atoms with van der Waals surface area (Å²) in [6.45, 7) is 3.54. The molecule has 0 fully saturated rings. The summed E-state index contributed by atoms with van der Waals surface area (Å²) in [5.41, 5.74) is 4.73. The average molecular weight is 408 g/mol. The van der Waals surface area contributed by atoms with E-state index in [1.165, 1.54) is 37.2 Å². The molecule has 0 saturated carbocycles. The van der Waals surface area contributed by atoms with Crippen LogP contribution in [0.5, 0.6) is 0 Å². The summed E-state index contributed by atoms with van der Waals surface area (Å²) < 4.78 is 0. The van der Waals surface area contributed by atoms with Crippen molar-refractivity contribution >= 4 is 11.8 Å². The Labute approximate surface area is 177 Å². The Morgan fingerprint density at radius 1 is 0.967 bits per heavy atom. The van der Waals surface area contributed by atoms with Gasteiger partial charge in [-0.2, -0.15) is 0 Å². The number of aliphatic hydroxyl groups is 1. The van der Waals surface area contributed by atoms with Crippen molar-refractivity contribution in [1.29, 1.82) is 0 Å². The average Bonchev–Trinajstić information content (AvgIpc) is 2.76. The van der Waals surface area contributed by atoms with Crippen molar-refractivity contribution in [3.05, 3.63) is 70.8 Å². The van der Waals surface area contributed by atoms with Gasteiger partial charge in [0.05, 0.1) is 6.10 Å². The van der Waals surface area contributed by atoms with Crippen molar-refractivity contribution in [1.82, 2.24) is 10.8 Å². The predicted molar refractivity (Wildman–Crippen MR) is 115 cm³/mol. The zero-order valence-corrected chi connectivity index (χ0v) is 17.3. The number of hydrogen-bond donors (Lipinski definition) is 4. The Morgan fingerprint density at radius 3 is 2.03 bits per heavy atom. The highest BCUT2D eigenvalue weighted by Gasteiger charge is 2.25. The second-order valence-corrected chi connectivity index (χ2v) is 7.15. The van der Waals surface area contributed by atoms with Crippen LogP contribution in [0.15, 0.2) is 48.5 Å². The molecule has 0 aliphatic heterocycles. The first-order valence-electron chi connectivity index (χ1n) is 10.1. The second-order valence-electron chi connectivity index (χ2n) is 7.15. The van der Waals surface area contributed by atoms with E-state index in [1.54, 1.807) is 24.3 Å². The molecule has 0 aliphatic carbocycles. The summed E-state index contributed by atoms with van der Waals surface area (Å²) in [7, 11) is 0. The number of nitrogens with one attached hydrogen (secondary N) is 2. The monoisotopic (exact) mass is 408 g/mol. The lowest BCUT2D eigenvalue weighted by Gasteiger charge is -2.19. The van der Waals surface area contributed by atoms with Gasteiger partial charge in [0.25, 0.3) is 11.8 Å². The topological polar surface area (TPSA) is 98.7 Å².